The van der Waals surface area contributed by atoms with Gasteiger partial charge in [-0.1, -0.05) is 0 Å². The molecule has 35 heavy (non-hydrogen) atoms. The number of anilines is 1. The molecule has 0 bridgehead atoms. The highest BCUT2D eigenvalue weighted by Gasteiger charge is 2.38. The molecule has 10 nitrogen and oxygen atoms in total. The lowest BCUT2D eigenvalue weighted by atomic mass is 9.90. The van der Waals surface area contributed by atoms with Crippen molar-refractivity contribution >= 4 is 23.7 Å². The number of carbonyl (C=O) groups is 2. The van der Waals surface area contributed by atoms with Crippen LogP contribution >= 0.6 is 0 Å². The predicted molar refractivity (Wildman–Crippen MR) is 128 cm³/mol. The highest BCUT2D eigenvalue weighted by molar-refractivity contribution is 6.05. The van der Waals surface area contributed by atoms with Crippen molar-refractivity contribution in [2.75, 3.05) is 5.32 Å². The molecule has 11 heteroatoms. The molecule has 2 amide bonds. The first kappa shape index (κ1) is 26.1. The summed E-state index contributed by atoms with van der Waals surface area (Å²) >= 11 is 0. The average Bonchev–Trinajstić information content (AvgIpc) is 3.09. The number of aliphatic hydroxyl groups excluding tert-OH is 1. The van der Waals surface area contributed by atoms with Crippen LogP contribution in [0.2, 0.25) is 0 Å². The topological polar surface area (TPSA) is 127 Å². The second-order valence-electron chi connectivity index (χ2n) is 10.5. The molecule has 0 aliphatic carbocycles. The number of halogens is 1. The van der Waals surface area contributed by atoms with E-state index in [0.717, 1.165) is 0 Å². The Morgan fingerprint density at radius 1 is 1.11 bits per heavy atom. The summed E-state index contributed by atoms with van der Waals surface area (Å²) in [5, 5.41) is 15.0. The van der Waals surface area contributed by atoms with Crippen LogP contribution in [-0.2, 0) is 28.2 Å². The van der Waals surface area contributed by atoms with Crippen LogP contribution in [0.4, 0.5) is 19.7 Å². The normalized spacial score (nSPS) is 17.8. The number of aliphatic hydroxyl groups is 1. The van der Waals surface area contributed by atoms with E-state index >= 15 is 4.39 Å². The lowest BCUT2D eigenvalue weighted by molar-refractivity contribution is 0.0560. The summed E-state index contributed by atoms with van der Waals surface area (Å²) in [6.07, 6.45) is 0.0324. The standard InChI is InChI=1S/C24H32FN5O5/c1-22(2,3)34-20(32)27-14-8-9-17(25)16(10-14)24(7)13-30-15(12-31)11-26-19(30)18(29-24)28-21(33)35-23(4,5)6/h8-11,31H,12-13H2,1-7H3,(H,27,32)(H,28,29,33). The summed E-state index contributed by atoms with van der Waals surface area (Å²) in [6, 6.07) is 4.11. The zero-order valence-corrected chi connectivity index (χ0v) is 21.0. The first-order valence-corrected chi connectivity index (χ1v) is 11.2. The summed E-state index contributed by atoms with van der Waals surface area (Å²) in [6.45, 7) is 11.9. The number of fused-ring (bicyclic) bond motifs is 1. The zero-order valence-electron chi connectivity index (χ0n) is 21.0. The van der Waals surface area contributed by atoms with E-state index in [9.17, 15) is 14.7 Å². The van der Waals surface area contributed by atoms with Gasteiger partial charge in [0.05, 0.1) is 25.0 Å². The number of amidine groups is 1. The van der Waals surface area contributed by atoms with Crippen LogP contribution in [0.5, 0.6) is 0 Å². The number of alkyl carbamates (subject to hydrolysis) is 1. The van der Waals surface area contributed by atoms with Gasteiger partial charge in [0.15, 0.2) is 11.7 Å². The number of hydrogen-bond donors (Lipinski definition) is 3. The van der Waals surface area contributed by atoms with E-state index in [2.05, 4.69) is 20.6 Å². The molecule has 190 valence electrons. The van der Waals surface area contributed by atoms with Gasteiger partial charge in [0.1, 0.15) is 22.6 Å². The van der Waals surface area contributed by atoms with E-state index in [0.29, 0.717) is 17.2 Å². The molecule has 0 fully saturated rings. The monoisotopic (exact) mass is 489 g/mol. The summed E-state index contributed by atoms with van der Waals surface area (Å²) in [5.74, 6) is -0.185. The van der Waals surface area contributed by atoms with Crippen LogP contribution in [0.1, 0.15) is 65.5 Å². The van der Waals surface area contributed by atoms with Crippen LogP contribution < -0.4 is 10.6 Å². The number of imidazole rings is 1. The summed E-state index contributed by atoms with van der Waals surface area (Å²) in [4.78, 5) is 33.6. The molecular formula is C24H32FN5O5. The summed E-state index contributed by atoms with van der Waals surface area (Å²) in [5.41, 5.74) is -1.73. The van der Waals surface area contributed by atoms with Gasteiger partial charge in [-0.05, 0) is 66.7 Å². The number of aromatic nitrogens is 2. The predicted octanol–water partition coefficient (Wildman–Crippen LogP) is 4.06. The highest BCUT2D eigenvalue weighted by atomic mass is 19.1. The number of benzene rings is 1. The van der Waals surface area contributed by atoms with Gasteiger partial charge in [0.2, 0.25) is 0 Å². The van der Waals surface area contributed by atoms with E-state index < -0.39 is 34.7 Å². The number of amides is 2. The molecule has 1 aromatic heterocycles. The molecule has 1 atom stereocenters. The number of hydrogen-bond acceptors (Lipinski definition) is 7. The van der Waals surface area contributed by atoms with Gasteiger partial charge in [-0.15, -0.1) is 0 Å². The Kier molecular flexibility index (Phi) is 6.94. The van der Waals surface area contributed by atoms with Gasteiger partial charge >= 0.3 is 12.2 Å². The minimum Gasteiger partial charge on any atom is -0.444 e. The van der Waals surface area contributed by atoms with Crippen molar-refractivity contribution in [3.8, 4) is 0 Å². The molecule has 3 N–H and O–H groups in total. The van der Waals surface area contributed by atoms with Crippen LogP contribution in [0.15, 0.2) is 29.4 Å². The Hall–Kier alpha value is -3.47. The molecule has 1 aliphatic rings. The maximum atomic E-state index is 15.1. The van der Waals surface area contributed by atoms with Crippen molar-refractivity contribution in [3.05, 3.63) is 47.3 Å². The fourth-order valence-corrected chi connectivity index (χ4v) is 3.61. The van der Waals surface area contributed by atoms with Crippen LogP contribution in [0.3, 0.4) is 0 Å². The van der Waals surface area contributed by atoms with Gasteiger partial charge in [0, 0.05) is 11.3 Å². The molecule has 0 spiro atoms. The van der Waals surface area contributed by atoms with Crippen molar-refractivity contribution < 1.29 is 28.6 Å². The van der Waals surface area contributed by atoms with Crippen LogP contribution in [0.25, 0.3) is 0 Å². The van der Waals surface area contributed by atoms with Gasteiger partial charge in [0.25, 0.3) is 0 Å². The molecule has 1 aromatic carbocycles. The average molecular weight is 490 g/mol. The molecule has 0 saturated heterocycles. The van der Waals surface area contributed by atoms with Crippen molar-refractivity contribution in [3.63, 3.8) is 0 Å². The first-order valence-electron chi connectivity index (χ1n) is 11.2. The Labute approximate surface area is 203 Å². The minimum atomic E-state index is -1.22. The van der Waals surface area contributed by atoms with Crippen LogP contribution in [-0.4, -0.2) is 43.9 Å². The Morgan fingerprint density at radius 2 is 1.71 bits per heavy atom. The SMILES string of the molecule is CC(C)(C)OC(=O)NC1=NC(C)(c2cc(NC(=O)OC(C)(C)C)ccc2F)Cn2c(CO)cnc21. The number of aliphatic imine (C=N–C) groups is 1. The molecule has 2 aromatic rings. The fraction of sp³-hybridized carbons (Fsp3) is 0.500. The number of carbonyl (C=O) groups excluding carboxylic acids is 2. The third kappa shape index (κ3) is 6.36. The van der Waals surface area contributed by atoms with Gasteiger partial charge < -0.3 is 19.1 Å². The second kappa shape index (κ2) is 9.29. The third-order valence-electron chi connectivity index (χ3n) is 4.95. The van der Waals surface area contributed by atoms with Crippen molar-refractivity contribution in [1.29, 1.82) is 0 Å². The lowest BCUT2D eigenvalue weighted by Crippen LogP contribution is -2.44. The number of rotatable bonds is 3. The lowest BCUT2D eigenvalue weighted by Gasteiger charge is -2.33. The molecular weight excluding hydrogens is 457 g/mol. The Morgan fingerprint density at radius 3 is 2.29 bits per heavy atom. The third-order valence-corrected chi connectivity index (χ3v) is 4.95. The van der Waals surface area contributed by atoms with E-state index in [1.165, 1.54) is 24.4 Å². The van der Waals surface area contributed by atoms with Crippen LogP contribution in [0, 0.1) is 5.82 Å². The van der Waals surface area contributed by atoms with E-state index in [1.54, 1.807) is 53.0 Å². The molecule has 0 radical (unpaired) electrons. The van der Waals surface area contributed by atoms with Crippen molar-refractivity contribution in [2.45, 2.75) is 78.4 Å². The van der Waals surface area contributed by atoms with E-state index in [1.807, 2.05) is 0 Å². The highest BCUT2D eigenvalue weighted by Crippen LogP contribution is 2.35. The van der Waals surface area contributed by atoms with Gasteiger partial charge in [-0.3, -0.25) is 15.6 Å². The summed E-state index contributed by atoms with van der Waals surface area (Å²) < 4.78 is 27.4. The van der Waals surface area contributed by atoms with Crippen molar-refractivity contribution in [2.24, 2.45) is 4.99 Å². The smallest absolute Gasteiger partial charge is 0.413 e. The van der Waals surface area contributed by atoms with E-state index in [4.69, 9.17) is 9.47 Å². The van der Waals surface area contributed by atoms with E-state index in [-0.39, 0.29) is 24.6 Å². The number of ether oxygens (including phenoxy) is 2. The number of nitrogens with one attached hydrogen (secondary N) is 2. The molecule has 1 aliphatic heterocycles. The maximum absolute atomic E-state index is 15.1. The molecule has 3 rings (SSSR count). The van der Waals surface area contributed by atoms with Gasteiger partial charge in [-0.2, -0.15) is 0 Å². The Balaban J connectivity index is 2.01. The molecule has 0 saturated carbocycles. The maximum Gasteiger partial charge on any atom is 0.413 e. The van der Waals surface area contributed by atoms with Gasteiger partial charge in [-0.25, -0.2) is 19.0 Å². The fourth-order valence-electron chi connectivity index (χ4n) is 3.61. The summed E-state index contributed by atoms with van der Waals surface area (Å²) in [7, 11) is 0. The minimum absolute atomic E-state index is 0.0672. The van der Waals surface area contributed by atoms with Crippen molar-refractivity contribution in [1.82, 2.24) is 14.9 Å². The Bertz CT molecular complexity index is 1160. The quantitative estimate of drug-likeness (QED) is 0.597. The molecule has 1 unspecified atom stereocenters. The largest absolute Gasteiger partial charge is 0.444 e. The first-order chi connectivity index (χ1) is 16.1. The molecule has 2 heterocycles. The zero-order chi connectivity index (χ0) is 26.2. The number of nitrogens with zero attached hydrogens (tertiary/aromatic N) is 3. The second-order valence-corrected chi connectivity index (χ2v) is 10.5.